The minimum absolute atomic E-state index is 0.264. The van der Waals surface area contributed by atoms with Crippen molar-refractivity contribution in [3.63, 3.8) is 0 Å². The van der Waals surface area contributed by atoms with Gasteiger partial charge in [-0.2, -0.15) is 0 Å². The lowest BCUT2D eigenvalue weighted by molar-refractivity contribution is -0.287. The molecule has 0 spiro atoms. The molecule has 0 radical (unpaired) electrons. The van der Waals surface area contributed by atoms with Gasteiger partial charge < -0.3 is 29.9 Å². The predicted octanol–water partition coefficient (Wildman–Crippen LogP) is 3.59. The fraction of sp³-hybridized carbons (Fsp3) is 0.958. The number of hydrogen-bond donors (Lipinski definition) is 4. The van der Waals surface area contributed by atoms with Crippen LogP contribution in [-0.4, -0.2) is 63.7 Å². The van der Waals surface area contributed by atoms with Crippen LogP contribution < -0.4 is 0 Å². The Morgan fingerprint density at radius 2 is 1.13 bits per heavy atom. The molecule has 0 aliphatic carbocycles. The lowest BCUT2D eigenvalue weighted by Crippen LogP contribution is -2.58. The summed E-state index contributed by atoms with van der Waals surface area (Å²) in [5, 5.41) is 38.3. The molecule has 1 aliphatic heterocycles. The normalized spacial score (nSPS) is 26.2. The van der Waals surface area contributed by atoms with Gasteiger partial charge in [0.25, 0.3) is 0 Å². The molecule has 184 valence electrons. The smallest absolute Gasteiger partial charge is 0.305 e. The zero-order valence-electron chi connectivity index (χ0n) is 19.4. The summed E-state index contributed by atoms with van der Waals surface area (Å²) < 4.78 is 10.1. The summed E-state index contributed by atoms with van der Waals surface area (Å²) >= 11 is 0. The highest BCUT2D eigenvalue weighted by Gasteiger charge is 2.43. The van der Waals surface area contributed by atoms with Gasteiger partial charge in [-0.3, -0.25) is 4.79 Å². The van der Waals surface area contributed by atoms with Crippen LogP contribution >= 0.6 is 0 Å². The van der Waals surface area contributed by atoms with Crippen molar-refractivity contribution in [1.82, 2.24) is 0 Å². The summed E-state index contributed by atoms with van der Waals surface area (Å²) in [6.07, 6.45) is 12.0. The number of esters is 1. The van der Waals surface area contributed by atoms with E-state index in [4.69, 9.17) is 9.47 Å². The first kappa shape index (κ1) is 28.3. The monoisotopic (exact) mass is 446 g/mol. The number of rotatable bonds is 18. The zero-order chi connectivity index (χ0) is 22.9. The van der Waals surface area contributed by atoms with Crippen molar-refractivity contribution in [2.45, 2.75) is 140 Å². The standard InChI is InChI=1S/C24H46O7/c1-2-3-4-5-6-7-8-9-10-11-12-13-14-15-16-17-20(25)30-18-19-21(26)22(27)23(28)24(29)31-19/h19,21-24,26-29H,2-18H2,1H3/t19-,21-,22+,23-,24?/m1/s1. The average molecular weight is 447 g/mol. The Labute approximate surface area is 188 Å². The van der Waals surface area contributed by atoms with Gasteiger partial charge in [0.05, 0.1) is 0 Å². The third-order valence-corrected chi connectivity index (χ3v) is 6.08. The molecule has 1 rings (SSSR count). The molecule has 1 saturated heterocycles. The zero-order valence-corrected chi connectivity index (χ0v) is 19.4. The highest BCUT2D eigenvalue weighted by atomic mass is 16.6. The van der Waals surface area contributed by atoms with Crippen LogP contribution in [0.3, 0.4) is 0 Å². The second-order valence-corrected chi connectivity index (χ2v) is 8.92. The third kappa shape index (κ3) is 12.8. The number of aliphatic hydroxyl groups is 4. The highest BCUT2D eigenvalue weighted by molar-refractivity contribution is 5.69. The Morgan fingerprint density at radius 3 is 1.61 bits per heavy atom. The molecule has 4 N–H and O–H groups in total. The van der Waals surface area contributed by atoms with Crippen LogP contribution in [0.25, 0.3) is 0 Å². The van der Waals surface area contributed by atoms with E-state index in [0.717, 1.165) is 19.3 Å². The van der Waals surface area contributed by atoms with Crippen LogP contribution in [0.1, 0.15) is 110 Å². The van der Waals surface area contributed by atoms with Gasteiger partial charge in [-0.25, -0.2) is 0 Å². The molecular formula is C24H46O7. The Balaban J connectivity index is 1.89. The summed E-state index contributed by atoms with van der Waals surface area (Å²) in [5.41, 5.74) is 0. The first-order valence-electron chi connectivity index (χ1n) is 12.5. The molecule has 7 heteroatoms. The molecule has 0 amide bonds. The second kappa shape index (κ2) is 17.8. The first-order chi connectivity index (χ1) is 15.0. The van der Waals surface area contributed by atoms with Crippen LogP contribution in [0.2, 0.25) is 0 Å². The number of aliphatic hydroxyl groups excluding tert-OH is 4. The highest BCUT2D eigenvalue weighted by Crippen LogP contribution is 2.20. The second-order valence-electron chi connectivity index (χ2n) is 8.92. The van der Waals surface area contributed by atoms with E-state index in [1.165, 1.54) is 77.0 Å². The number of hydrogen-bond acceptors (Lipinski definition) is 7. The van der Waals surface area contributed by atoms with Gasteiger partial charge in [0, 0.05) is 6.42 Å². The van der Waals surface area contributed by atoms with Crippen LogP contribution in [0.4, 0.5) is 0 Å². The largest absolute Gasteiger partial charge is 0.463 e. The van der Waals surface area contributed by atoms with E-state index in [9.17, 15) is 25.2 Å². The molecule has 1 heterocycles. The quantitative estimate of drug-likeness (QED) is 0.188. The lowest BCUT2D eigenvalue weighted by Gasteiger charge is -2.37. The molecule has 31 heavy (non-hydrogen) atoms. The van der Waals surface area contributed by atoms with Gasteiger partial charge in [0.1, 0.15) is 31.0 Å². The molecule has 0 aromatic carbocycles. The number of unbranched alkanes of at least 4 members (excludes halogenated alkanes) is 14. The van der Waals surface area contributed by atoms with E-state index in [2.05, 4.69) is 6.92 Å². The topological polar surface area (TPSA) is 116 Å². The maximum Gasteiger partial charge on any atom is 0.305 e. The minimum atomic E-state index is -1.61. The van der Waals surface area contributed by atoms with Crippen molar-refractivity contribution in [2.24, 2.45) is 0 Å². The summed E-state index contributed by atoms with van der Waals surface area (Å²) in [5.74, 6) is -0.388. The summed E-state index contributed by atoms with van der Waals surface area (Å²) in [6, 6.07) is 0. The van der Waals surface area contributed by atoms with Crippen molar-refractivity contribution in [3.05, 3.63) is 0 Å². The molecular weight excluding hydrogens is 400 g/mol. The van der Waals surface area contributed by atoms with Crippen LogP contribution in [0.5, 0.6) is 0 Å². The van der Waals surface area contributed by atoms with E-state index < -0.39 is 30.7 Å². The van der Waals surface area contributed by atoms with Crippen molar-refractivity contribution in [2.75, 3.05) is 6.61 Å². The lowest BCUT2D eigenvalue weighted by atomic mass is 9.99. The van der Waals surface area contributed by atoms with Gasteiger partial charge >= 0.3 is 5.97 Å². The third-order valence-electron chi connectivity index (χ3n) is 6.08. The van der Waals surface area contributed by atoms with Crippen molar-refractivity contribution in [1.29, 1.82) is 0 Å². The van der Waals surface area contributed by atoms with E-state index in [-0.39, 0.29) is 12.6 Å². The molecule has 1 unspecified atom stereocenters. The summed E-state index contributed by atoms with van der Waals surface area (Å²) in [7, 11) is 0. The molecule has 0 saturated carbocycles. The average Bonchev–Trinajstić information content (AvgIpc) is 2.76. The van der Waals surface area contributed by atoms with Crippen LogP contribution in [0.15, 0.2) is 0 Å². The molecule has 1 aliphatic rings. The van der Waals surface area contributed by atoms with Crippen LogP contribution in [-0.2, 0) is 14.3 Å². The summed E-state index contributed by atoms with van der Waals surface area (Å²) in [6.45, 7) is 1.99. The SMILES string of the molecule is CCCCCCCCCCCCCCCCCC(=O)OC[C@H]1OC(O)[C@H](O)[C@@H](O)[C@@H]1O. The van der Waals surface area contributed by atoms with Gasteiger partial charge in [0.15, 0.2) is 6.29 Å². The molecule has 0 aromatic heterocycles. The minimum Gasteiger partial charge on any atom is -0.463 e. The molecule has 0 aromatic rings. The maximum atomic E-state index is 11.8. The molecule has 7 nitrogen and oxygen atoms in total. The van der Waals surface area contributed by atoms with Gasteiger partial charge in [-0.15, -0.1) is 0 Å². The maximum absolute atomic E-state index is 11.8. The number of carbonyl (C=O) groups excluding carboxylic acids is 1. The Kier molecular flexibility index (Phi) is 16.2. The van der Waals surface area contributed by atoms with Crippen molar-refractivity contribution < 1.29 is 34.7 Å². The van der Waals surface area contributed by atoms with E-state index >= 15 is 0 Å². The fourth-order valence-corrected chi connectivity index (χ4v) is 3.96. The van der Waals surface area contributed by atoms with E-state index in [1.807, 2.05) is 0 Å². The summed E-state index contributed by atoms with van der Waals surface area (Å²) in [4.78, 5) is 11.8. The Hall–Kier alpha value is -0.730. The first-order valence-corrected chi connectivity index (χ1v) is 12.5. The van der Waals surface area contributed by atoms with E-state index in [0.29, 0.717) is 6.42 Å². The van der Waals surface area contributed by atoms with Crippen molar-refractivity contribution in [3.8, 4) is 0 Å². The fourth-order valence-electron chi connectivity index (χ4n) is 3.96. The van der Waals surface area contributed by atoms with Gasteiger partial charge in [0.2, 0.25) is 0 Å². The molecule has 5 atom stereocenters. The van der Waals surface area contributed by atoms with E-state index in [1.54, 1.807) is 0 Å². The molecule has 0 bridgehead atoms. The van der Waals surface area contributed by atoms with Crippen molar-refractivity contribution >= 4 is 5.97 Å². The number of ether oxygens (including phenoxy) is 2. The predicted molar refractivity (Wildman–Crippen MR) is 119 cm³/mol. The van der Waals surface area contributed by atoms with Gasteiger partial charge in [-0.05, 0) is 6.42 Å². The Bertz CT molecular complexity index is 446. The van der Waals surface area contributed by atoms with Gasteiger partial charge in [-0.1, -0.05) is 96.8 Å². The Morgan fingerprint density at radius 1 is 0.677 bits per heavy atom. The van der Waals surface area contributed by atoms with Crippen LogP contribution in [0, 0.1) is 0 Å². The number of carbonyl (C=O) groups is 1. The molecule has 1 fully saturated rings.